The Kier molecular flexibility index (Phi) is 2.13. The van der Waals surface area contributed by atoms with Crippen molar-refractivity contribution in [2.45, 2.75) is 30.0 Å². The summed E-state index contributed by atoms with van der Waals surface area (Å²) in [6.07, 6.45) is 4.06. The van der Waals surface area contributed by atoms with Crippen LogP contribution in [-0.2, 0) is 22.9 Å². The Balaban J connectivity index is 2.47. The monoisotopic (exact) mass is 218 g/mol. The van der Waals surface area contributed by atoms with Gasteiger partial charge in [-0.1, -0.05) is 0 Å². The van der Waals surface area contributed by atoms with Crippen LogP contribution < -0.4 is 5.14 Å². The number of rotatable bonds is 1. The highest BCUT2D eigenvalue weighted by atomic mass is 32.2. The van der Waals surface area contributed by atoms with Crippen molar-refractivity contribution in [1.29, 1.82) is 0 Å². The zero-order valence-electron chi connectivity index (χ0n) is 6.99. The minimum atomic E-state index is -3.59. The van der Waals surface area contributed by atoms with Crippen LogP contribution in [0.1, 0.15) is 23.4 Å². The van der Waals surface area contributed by atoms with E-state index in [1.54, 1.807) is 0 Å². The Bertz CT molecular complexity index is 398. The van der Waals surface area contributed by atoms with Gasteiger partial charge in [-0.3, -0.25) is 0 Å². The normalized spacial score (nSPS) is 17.0. The molecular weight excluding hydrogens is 208 g/mol. The second kappa shape index (κ2) is 3.04. The molecule has 1 heterocycles. The SMILES string of the molecule is NS(=O)(=O)c1nc2c(s1)CCCC2. The van der Waals surface area contributed by atoms with E-state index in [1.165, 1.54) is 11.3 Å². The summed E-state index contributed by atoms with van der Waals surface area (Å²) in [7, 11) is -3.59. The maximum Gasteiger partial charge on any atom is 0.265 e. The molecule has 0 aliphatic heterocycles. The fourth-order valence-electron chi connectivity index (χ4n) is 1.45. The molecule has 2 N–H and O–H groups in total. The van der Waals surface area contributed by atoms with E-state index in [0.717, 1.165) is 36.3 Å². The number of aryl methyl sites for hydroxylation is 2. The number of primary sulfonamides is 1. The van der Waals surface area contributed by atoms with E-state index in [1.807, 2.05) is 0 Å². The first kappa shape index (κ1) is 9.11. The quantitative estimate of drug-likeness (QED) is 0.753. The van der Waals surface area contributed by atoms with Crippen molar-refractivity contribution >= 4 is 21.4 Å². The molecule has 13 heavy (non-hydrogen) atoms. The van der Waals surface area contributed by atoms with Gasteiger partial charge in [0.1, 0.15) is 0 Å². The first-order valence-corrected chi connectivity index (χ1v) is 6.45. The first-order chi connectivity index (χ1) is 6.07. The van der Waals surface area contributed by atoms with Gasteiger partial charge in [-0.25, -0.2) is 18.5 Å². The average molecular weight is 218 g/mol. The van der Waals surface area contributed by atoms with Crippen LogP contribution in [0.25, 0.3) is 0 Å². The molecule has 0 fully saturated rings. The van der Waals surface area contributed by atoms with Crippen LogP contribution in [0.3, 0.4) is 0 Å². The third kappa shape index (κ3) is 1.74. The van der Waals surface area contributed by atoms with E-state index in [-0.39, 0.29) is 4.34 Å². The molecule has 0 radical (unpaired) electrons. The minimum Gasteiger partial charge on any atom is -0.229 e. The Labute approximate surface area is 80.8 Å². The summed E-state index contributed by atoms with van der Waals surface area (Å²) in [5, 5.41) is 4.99. The van der Waals surface area contributed by atoms with Gasteiger partial charge < -0.3 is 0 Å². The maximum atomic E-state index is 11.0. The second-order valence-electron chi connectivity index (χ2n) is 3.10. The molecule has 72 valence electrons. The van der Waals surface area contributed by atoms with Crippen molar-refractivity contribution in [2.75, 3.05) is 0 Å². The van der Waals surface area contributed by atoms with Crippen molar-refractivity contribution in [1.82, 2.24) is 4.98 Å². The van der Waals surface area contributed by atoms with E-state index in [0.29, 0.717) is 0 Å². The van der Waals surface area contributed by atoms with Gasteiger partial charge in [-0.05, 0) is 25.7 Å². The van der Waals surface area contributed by atoms with Crippen molar-refractivity contribution in [3.8, 4) is 0 Å². The van der Waals surface area contributed by atoms with E-state index in [9.17, 15) is 8.42 Å². The van der Waals surface area contributed by atoms with Crippen molar-refractivity contribution in [2.24, 2.45) is 5.14 Å². The number of nitrogens with two attached hydrogens (primary N) is 1. The van der Waals surface area contributed by atoms with Gasteiger partial charge in [-0.15, -0.1) is 11.3 Å². The molecule has 1 aromatic heterocycles. The van der Waals surface area contributed by atoms with Crippen LogP contribution in [0, 0.1) is 0 Å². The molecule has 0 unspecified atom stereocenters. The van der Waals surface area contributed by atoms with E-state index < -0.39 is 10.0 Å². The maximum absolute atomic E-state index is 11.0. The Morgan fingerprint density at radius 2 is 2.00 bits per heavy atom. The van der Waals surface area contributed by atoms with Gasteiger partial charge in [0.2, 0.25) is 4.34 Å². The average Bonchev–Trinajstić information content (AvgIpc) is 2.45. The fraction of sp³-hybridized carbons (Fsp3) is 0.571. The first-order valence-electron chi connectivity index (χ1n) is 4.09. The van der Waals surface area contributed by atoms with Gasteiger partial charge in [0.15, 0.2) is 0 Å². The van der Waals surface area contributed by atoms with Crippen molar-refractivity contribution < 1.29 is 8.42 Å². The largest absolute Gasteiger partial charge is 0.265 e. The second-order valence-corrected chi connectivity index (χ2v) is 5.92. The molecule has 6 heteroatoms. The molecule has 4 nitrogen and oxygen atoms in total. The lowest BCUT2D eigenvalue weighted by atomic mass is 10.0. The summed E-state index contributed by atoms with van der Waals surface area (Å²) >= 11 is 1.22. The van der Waals surface area contributed by atoms with Crippen LogP contribution in [0.2, 0.25) is 0 Å². The summed E-state index contributed by atoms with van der Waals surface area (Å²) in [5.74, 6) is 0. The molecule has 1 aliphatic carbocycles. The summed E-state index contributed by atoms with van der Waals surface area (Å²) in [4.78, 5) is 5.12. The summed E-state index contributed by atoms with van der Waals surface area (Å²) in [6.45, 7) is 0. The zero-order valence-corrected chi connectivity index (χ0v) is 8.62. The molecule has 0 saturated heterocycles. The zero-order chi connectivity index (χ0) is 9.47. The van der Waals surface area contributed by atoms with E-state index in [2.05, 4.69) is 4.98 Å². The van der Waals surface area contributed by atoms with Crippen LogP contribution in [-0.4, -0.2) is 13.4 Å². The third-order valence-corrected chi connectivity index (χ3v) is 4.55. The molecule has 0 atom stereocenters. The number of fused-ring (bicyclic) bond motifs is 1. The summed E-state index contributed by atoms with van der Waals surface area (Å²) in [6, 6.07) is 0. The Morgan fingerprint density at radius 1 is 1.31 bits per heavy atom. The predicted molar refractivity (Wildman–Crippen MR) is 50.1 cm³/mol. The number of sulfonamides is 1. The lowest BCUT2D eigenvalue weighted by molar-refractivity contribution is 0.596. The number of hydrogen-bond donors (Lipinski definition) is 1. The van der Waals surface area contributed by atoms with Crippen LogP contribution in [0.15, 0.2) is 4.34 Å². The molecule has 0 bridgehead atoms. The Morgan fingerprint density at radius 3 is 2.62 bits per heavy atom. The number of aromatic nitrogens is 1. The number of nitrogens with zero attached hydrogens (tertiary/aromatic N) is 1. The van der Waals surface area contributed by atoms with Gasteiger partial charge in [0, 0.05) is 4.88 Å². The highest BCUT2D eigenvalue weighted by Crippen LogP contribution is 2.28. The van der Waals surface area contributed by atoms with Gasteiger partial charge >= 0.3 is 0 Å². The van der Waals surface area contributed by atoms with Crippen LogP contribution in [0.5, 0.6) is 0 Å². The summed E-state index contributed by atoms with van der Waals surface area (Å²) in [5.41, 5.74) is 0.931. The van der Waals surface area contributed by atoms with Gasteiger partial charge in [0.25, 0.3) is 10.0 Å². The molecular formula is C7H10N2O2S2. The molecule has 0 aromatic carbocycles. The standard InChI is InChI=1S/C7H10N2O2S2/c8-13(10,11)7-9-5-3-1-2-4-6(5)12-7/h1-4H2,(H2,8,10,11). The minimum absolute atomic E-state index is 0.0689. The molecule has 0 spiro atoms. The predicted octanol–water partition coefficient (Wildman–Crippen LogP) is 0.669. The highest BCUT2D eigenvalue weighted by molar-refractivity contribution is 7.91. The van der Waals surface area contributed by atoms with E-state index >= 15 is 0 Å². The lowest BCUT2D eigenvalue weighted by Crippen LogP contribution is -2.11. The molecule has 0 amide bonds. The Hall–Kier alpha value is -0.460. The molecule has 2 rings (SSSR count). The molecule has 0 saturated carbocycles. The fourth-order valence-corrected chi connectivity index (χ4v) is 3.33. The van der Waals surface area contributed by atoms with Crippen molar-refractivity contribution in [3.63, 3.8) is 0 Å². The number of thiazole rings is 1. The lowest BCUT2D eigenvalue weighted by Gasteiger charge is -2.06. The smallest absolute Gasteiger partial charge is 0.229 e. The van der Waals surface area contributed by atoms with Crippen LogP contribution >= 0.6 is 11.3 Å². The number of hydrogen-bond acceptors (Lipinski definition) is 4. The van der Waals surface area contributed by atoms with Gasteiger partial charge in [-0.2, -0.15) is 0 Å². The molecule has 1 aliphatic rings. The van der Waals surface area contributed by atoms with Crippen LogP contribution in [0.4, 0.5) is 0 Å². The highest BCUT2D eigenvalue weighted by Gasteiger charge is 2.20. The van der Waals surface area contributed by atoms with E-state index in [4.69, 9.17) is 5.14 Å². The van der Waals surface area contributed by atoms with Crippen molar-refractivity contribution in [3.05, 3.63) is 10.6 Å². The topological polar surface area (TPSA) is 73.1 Å². The molecule has 1 aromatic rings. The summed E-state index contributed by atoms with van der Waals surface area (Å²) < 4.78 is 22.0. The van der Waals surface area contributed by atoms with Gasteiger partial charge in [0.05, 0.1) is 5.69 Å². The third-order valence-electron chi connectivity index (χ3n) is 2.07.